The van der Waals surface area contributed by atoms with Gasteiger partial charge in [-0.15, -0.1) is 0 Å². The Kier molecular flexibility index (Phi) is 4.85. The molecule has 0 aliphatic rings. The molecule has 0 radical (unpaired) electrons. The SMILES string of the molecule is CC(C)(C)[S@](=O)N=CC(=N)CBr. The molecule has 0 aromatic carbocycles. The first-order valence-electron chi connectivity index (χ1n) is 3.47. The molecular weight excluding hydrogens is 240 g/mol. The maximum Gasteiger partial charge on any atom is 0.144 e. The van der Waals surface area contributed by atoms with E-state index in [1.165, 1.54) is 6.21 Å². The molecule has 1 atom stereocenters. The smallest absolute Gasteiger partial charge is 0.144 e. The van der Waals surface area contributed by atoms with Gasteiger partial charge in [0, 0.05) is 5.33 Å². The quantitative estimate of drug-likeness (QED) is 0.606. The average molecular weight is 253 g/mol. The van der Waals surface area contributed by atoms with Gasteiger partial charge in [0.05, 0.1) is 16.7 Å². The molecule has 0 saturated heterocycles. The molecule has 5 heteroatoms. The van der Waals surface area contributed by atoms with Gasteiger partial charge >= 0.3 is 0 Å². The monoisotopic (exact) mass is 252 g/mol. The van der Waals surface area contributed by atoms with E-state index in [0.29, 0.717) is 11.0 Å². The molecule has 0 spiro atoms. The van der Waals surface area contributed by atoms with Gasteiger partial charge in [0.2, 0.25) is 0 Å². The van der Waals surface area contributed by atoms with Crippen LogP contribution in [-0.2, 0) is 11.0 Å². The predicted octanol–water partition coefficient (Wildman–Crippen LogP) is 1.93. The van der Waals surface area contributed by atoms with Crippen molar-refractivity contribution >= 4 is 38.8 Å². The Bertz CT molecular complexity index is 220. The number of halogens is 1. The zero-order valence-electron chi connectivity index (χ0n) is 7.43. The van der Waals surface area contributed by atoms with Gasteiger partial charge in [-0.1, -0.05) is 15.9 Å². The number of alkyl halides is 1. The van der Waals surface area contributed by atoms with E-state index in [2.05, 4.69) is 20.3 Å². The molecule has 0 bridgehead atoms. The fraction of sp³-hybridized carbons (Fsp3) is 0.714. The lowest BCUT2D eigenvalue weighted by atomic mass is 10.3. The first-order chi connectivity index (χ1) is 5.38. The van der Waals surface area contributed by atoms with Crippen molar-refractivity contribution in [3.05, 3.63) is 0 Å². The molecule has 0 aliphatic carbocycles. The molecule has 0 fully saturated rings. The number of hydrogen-bond donors (Lipinski definition) is 1. The second-order valence-corrected chi connectivity index (χ2v) is 5.75. The summed E-state index contributed by atoms with van der Waals surface area (Å²) in [6, 6.07) is 0. The van der Waals surface area contributed by atoms with Crippen molar-refractivity contribution in [2.75, 3.05) is 5.33 Å². The lowest BCUT2D eigenvalue weighted by Gasteiger charge is -2.12. The minimum atomic E-state index is -1.25. The second kappa shape index (κ2) is 4.87. The largest absolute Gasteiger partial charge is 0.303 e. The van der Waals surface area contributed by atoms with Crippen molar-refractivity contribution in [3.63, 3.8) is 0 Å². The van der Waals surface area contributed by atoms with Crippen molar-refractivity contribution in [2.24, 2.45) is 4.40 Å². The predicted molar refractivity (Wildman–Crippen MR) is 57.9 cm³/mol. The van der Waals surface area contributed by atoms with Crippen LogP contribution >= 0.6 is 15.9 Å². The molecule has 0 aliphatic heterocycles. The fourth-order valence-corrected chi connectivity index (χ4v) is 0.988. The number of nitrogens with one attached hydrogen (secondary N) is 1. The molecular formula is C7H13BrN2OS. The normalized spacial score (nSPS) is 15.0. The van der Waals surface area contributed by atoms with Gasteiger partial charge in [-0.05, 0) is 20.8 Å². The van der Waals surface area contributed by atoms with Crippen LogP contribution in [0.25, 0.3) is 0 Å². The van der Waals surface area contributed by atoms with Crippen LogP contribution in [-0.4, -0.2) is 26.2 Å². The Balaban J connectivity index is 4.19. The Morgan fingerprint density at radius 1 is 1.67 bits per heavy atom. The molecule has 0 rings (SSSR count). The van der Waals surface area contributed by atoms with Gasteiger partial charge < -0.3 is 5.41 Å². The summed E-state index contributed by atoms with van der Waals surface area (Å²) < 4.78 is 14.7. The van der Waals surface area contributed by atoms with E-state index in [4.69, 9.17) is 5.41 Å². The highest BCUT2D eigenvalue weighted by Crippen LogP contribution is 2.11. The Morgan fingerprint density at radius 2 is 2.17 bits per heavy atom. The van der Waals surface area contributed by atoms with Gasteiger partial charge in [0.15, 0.2) is 0 Å². The van der Waals surface area contributed by atoms with E-state index in [-0.39, 0.29) is 4.75 Å². The lowest BCUT2D eigenvalue weighted by Crippen LogP contribution is -2.20. The molecule has 0 aromatic rings. The van der Waals surface area contributed by atoms with Crippen LogP contribution in [0, 0.1) is 5.41 Å². The topological polar surface area (TPSA) is 53.3 Å². The molecule has 12 heavy (non-hydrogen) atoms. The van der Waals surface area contributed by atoms with Crippen molar-refractivity contribution in [1.82, 2.24) is 0 Å². The standard InChI is InChI=1S/C7H13BrN2OS/c1-7(2,3)12(11)10-5-6(9)4-8/h5,9H,4H2,1-3H3/t12-/m0/s1. The number of rotatable bonds is 3. The van der Waals surface area contributed by atoms with Gasteiger partial charge in [-0.2, -0.15) is 4.40 Å². The molecule has 3 nitrogen and oxygen atoms in total. The van der Waals surface area contributed by atoms with Gasteiger partial charge in [-0.25, -0.2) is 4.21 Å². The van der Waals surface area contributed by atoms with E-state index >= 15 is 0 Å². The van der Waals surface area contributed by atoms with E-state index in [9.17, 15) is 4.21 Å². The molecule has 0 heterocycles. The zero-order valence-corrected chi connectivity index (χ0v) is 9.83. The first kappa shape index (κ1) is 12.0. The van der Waals surface area contributed by atoms with Crippen molar-refractivity contribution in [2.45, 2.75) is 25.5 Å². The molecule has 0 unspecified atom stereocenters. The molecule has 1 N–H and O–H groups in total. The Morgan fingerprint density at radius 3 is 2.50 bits per heavy atom. The average Bonchev–Trinajstić information content (AvgIpc) is 1.97. The summed E-state index contributed by atoms with van der Waals surface area (Å²) in [5.41, 5.74) is 0.326. The number of nitrogens with zero attached hydrogens (tertiary/aromatic N) is 1. The van der Waals surface area contributed by atoms with E-state index in [1.54, 1.807) is 0 Å². The van der Waals surface area contributed by atoms with Crippen LogP contribution in [0.2, 0.25) is 0 Å². The van der Waals surface area contributed by atoms with Crippen LogP contribution in [0.15, 0.2) is 4.40 Å². The van der Waals surface area contributed by atoms with Gasteiger partial charge in [0.1, 0.15) is 11.0 Å². The minimum absolute atomic E-state index is 0.326. The first-order valence-corrected chi connectivity index (χ1v) is 5.70. The highest BCUT2D eigenvalue weighted by Gasteiger charge is 2.18. The third-order valence-corrected chi connectivity index (χ3v) is 2.92. The van der Waals surface area contributed by atoms with E-state index in [1.807, 2.05) is 20.8 Å². The third-order valence-electron chi connectivity index (χ3n) is 0.972. The Hall–Kier alpha value is -0.0300. The van der Waals surface area contributed by atoms with Crippen molar-refractivity contribution < 1.29 is 4.21 Å². The highest BCUT2D eigenvalue weighted by molar-refractivity contribution is 9.09. The summed E-state index contributed by atoms with van der Waals surface area (Å²) in [5.74, 6) is 0. The minimum Gasteiger partial charge on any atom is -0.303 e. The summed E-state index contributed by atoms with van der Waals surface area (Å²) in [7, 11) is -1.25. The maximum atomic E-state index is 11.3. The summed E-state index contributed by atoms with van der Waals surface area (Å²) in [5, 5.41) is 7.65. The van der Waals surface area contributed by atoms with Gasteiger partial charge in [-0.3, -0.25) is 0 Å². The fourth-order valence-electron chi connectivity index (χ4n) is 0.304. The number of hydrogen-bond acceptors (Lipinski definition) is 2. The molecule has 0 aromatic heterocycles. The molecule has 0 saturated carbocycles. The maximum absolute atomic E-state index is 11.3. The zero-order chi connectivity index (χ0) is 9.78. The lowest BCUT2D eigenvalue weighted by molar-refractivity contribution is 0.651. The molecule has 0 amide bonds. The Labute approximate surface area is 83.9 Å². The van der Waals surface area contributed by atoms with E-state index in [0.717, 1.165) is 0 Å². The van der Waals surface area contributed by atoms with Gasteiger partial charge in [0.25, 0.3) is 0 Å². The van der Waals surface area contributed by atoms with Crippen LogP contribution in [0.5, 0.6) is 0 Å². The highest BCUT2D eigenvalue weighted by atomic mass is 79.9. The summed E-state index contributed by atoms with van der Waals surface area (Å²) in [6.07, 6.45) is 1.33. The van der Waals surface area contributed by atoms with Crippen molar-refractivity contribution in [1.29, 1.82) is 5.41 Å². The summed E-state index contributed by atoms with van der Waals surface area (Å²) >= 11 is 3.10. The summed E-state index contributed by atoms with van der Waals surface area (Å²) in [6.45, 7) is 5.54. The van der Waals surface area contributed by atoms with E-state index < -0.39 is 11.0 Å². The van der Waals surface area contributed by atoms with Crippen LogP contribution < -0.4 is 0 Å². The van der Waals surface area contributed by atoms with Crippen LogP contribution in [0.4, 0.5) is 0 Å². The third kappa shape index (κ3) is 4.77. The summed E-state index contributed by atoms with van der Waals surface area (Å²) in [4.78, 5) is 0. The second-order valence-electron chi connectivity index (χ2n) is 3.25. The van der Waals surface area contributed by atoms with Crippen molar-refractivity contribution in [3.8, 4) is 0 Å². The molecule has 70 valence electrons. The van der Waals surface area contributed by atoms with Crippen LogP contribution in [0.3, 0.4) is 0 Å². The van der Waals surface area contributed by atoms with Crippen LogP contribution in [0.1, 0.15) is 20.8 Å².